The van der Waals surface area contributed by atoms with Crippen LogP contribution in [0, 0.1) is 19.8 Å². The van der Waals surface area contributed by atoms with Gasteiger partial charge in [0.05, 0.1) is 5.92 Å². The van der Waals surface area contributed by atoms with Crippen molar-refractivity contribution >= 4 is 23.5 Å². The Bertz CT molecular complexity index is 745. The first-order chi connectivity index (χ1) is 12.0. The molecule has 1 aliphatic rings. The minimum Gasteiger partial charge on any atom is -0.352 e. The van der Waals surface area contributed by atoms with E-state index in [2.05, 4.69) is 20.2 Å². The molecule has 1 aliphatic heterocycles. The standard InChI is InChI=1S/C19H23ClN4O/c1-13-9-14(2)23-19(22-13)24-8-4-6-16(12-24)18(25)21-11-15-5-3-7-17(20)10-15/h3,5,7,9-10,16H,4,6,8,11-12H2,1-2H3,(H,21,25)/t16-/m0/s1. The highest BCUT2D eigenvalue weighted by Crippen LogP contribution is 2.21. The summed E-state index contributed by atoms with van der Waals surface area (Å²) >= 11 is 5.99. The van der Waals surface area contributed by atoms with E-state index >= 15 is 0 Å². The molecule has 132 valence electrons. The molecule has 0 saturated carbocycles. The molecule has 3 rings (SSSR count). The number of anilines is 1. The minimum absolute atomic E-state index is 0.0441. The fourth-order valence-electron chi connectivity index (χ4n) is 3.20. The molecular formula is C19H23ClN4O. The van der Waals surface area contributed by atoms with E-state index in [-0.39, 0.29) is 11.8 Å². The van der Waals surface area contributed by atoms with Crippen molar-refractivity contribution in [3.63, 3.8) is 0 Å². The number of benzene rings is 1. The number of piperidine rings is 1. The second-order valence-electron chi connectivity index (χ2n) is 6.58. The van der Waals surface area contributed by atoms with Crippen LogP contribution in [0.15, 0.2) is 30.3 Å². The van der Waals surface area contributed by atoms with E-state index in [0.29, 0.717) is 18.1 Å². The molecule has 1 aromatic heterocycles. The van der Waals surface area contributed by atoms with E-state index in [1.807, 2.05) is 44.2 Å². The number of rotatable bonds is 4. The molecule has 0 bridgehead atoms. The van der Waals surface area contributed by atoms with Gasteiger partial charge in [0.1, 0.15) is 0 Å². The SMILES string of the molecule is Cc1cc(C)nc(N2CCC[C@H](C(=O)NCc3cccc(Cl)c3)C2)n1. The number of nitrogens with one attached hydrogen (secondary N) is 1. The lowest BCUT2D eigenvalue weighted by Gasteiger charge is -2.32. The minimum atomic E-state index is -0.0441. The van der Waals surface area contributed by atoms with Crippen LogP contribution in [0.2, 0.25) is 5.02 Å². The van der Waals surface area contributed by atoms with E-state index in [9.17, 15) is 4.79 Å². The molecule has 2 heterocycles. The number of aromatic nitrogens is 2. The molecule has 1 amide bonds. The highest BCUT2D eigenvalue weighted by atomic mass is 35.5. The highest BCUT2D eigenvalue weighted by molar-refractivity contribution is 6.30. The summed E-state index contributed by atoms with van der Waals surface area (Å²) in [6.07, 6.45) is 1.86. The van der Waals surface area contributed by atoms with Gasteiger partial charge in [-0.15, -0.1) is 0 Å². The number of aryl methyl sites for hydroxylation is 2. The third kappa shape index (κ3) is 4.69. The van der Waals surface area contributed by atoms with E-state index in [1.54, 1.807) is 0 Å². The smallest absolute Gasteiger partial charge is 0.225 e. The van der Waals surface area contributed by atoms with Gasteiger partial charge in [0, 0.05) is 36.0 Å². The first-order valence-electron chi connectivity index (χ1n) is 8.60. The zero-order valence-corrected chi connectivity index (χ0v) is 15.4. The Morgan fingerprint density at radius 2 is 2.04 bits per heavy atom. The third-order valence-corrected chi connectivity index (χ3v) is 4.64. The largest absolute Gasteiger partial charge is 0.352 e. The van der Waals surface area contributed by atoms with Crippen LogP contribution >= 0.6 is 11.6 Å². The quantitative estimate of drug-likeness (QED) is 0.911. The third-order valence-electron chi connectivity index (χ3n) is 4.40. The first kappa shape index (κ1) is 17.7. The lowest BCUT2D eigenvalue weighted by molar-refractivity contribution is -0.125. The van der Waals surface area contributed by atoms with Gasteiger partial charge in [0.2, 0.25) is 11.9 Å². The Morgan fingerprint density at radius 3 is 2.76 bits per heavy atom. The summed E-state index contributed by atoms with van der Waals surface area (Å²) in [5, 5.41) is 3.71. The predicted molar refractivity (Wildman–Crippen MR) is 99.7 cm³/mol. The van der Waals surface area contributed by atoms with Crippen molar-refractivity contribution in [1.82, 2.24) is 15.3 Å². The molecule has 1 aromatic carbocycles. The van der Waals surface area contributed by atoms with E-state index in [4.69, 9.17) is 11.6 Å². The number of carbonyl (C=O) groups excluding carboxylic acids is 1. The maximum Gasteiger partial charge on any atom is 0.225 e. The normalized spacial score (nSPS) is 17.4. The van der Waals surface area contributed by atoms with Crippen molar-refractivity contribution in [3.8, 4) is 0 Å². The Labute approximate surface area is 153 Å². The zero-order chi connectivity index (χ0) is 17.8. The number of nitrogens with zero attached hydrogens (tertiary/aromatic N) is 3. The Hall–Kier alpha value is -2.14. The van der Waals surface area contributed by atoms with Crippen LogP contribution in [0.5, 0.6) is 0 Å². The van der Waals surface area contributed by atoms with Crippen molar-refractivity contribution in [2.45, 2.75) is 33.2 Å². The lowest BCUT2D eigenvalue weighted by atomic mass is 9.97. The van der Waals surface area contributed by atoms with E-state index in [1.165, 1.54) is 0 Å². The van der Waals surface area contributed by atoms with Crippen molar-refractivity contribution in [2.24, 2.45) is 5.92 Å². The van der Waals surface area contributed by atoms with Crippen molar-refractivity contribution in [3.05, 3.63) is 52.3 Å². The average Bonchev–Trinajstić information content (AvgIpc) is 2.59. The summed E-state index contributed by atoms with van der Waals surface area (Å²) in [5.41, 5.74) is 2.91. The van der Waals surface area contributed by atoms with Gasteiger partial charge in [0.15, 0.2) is 0 Å². The summed E-state index contributed by atoms with van der Waals surface area (Å²) in [7, 11) is 0. The summed E-state index contributed by atoms with van der Waals surface area (Å²) in [4.78, 5) is 23.7. The molecule has 0 radical (unpaired) electrons. The number of hydrogen-bond acceptors (Lipinski definition) is 4. The molecule has 6 heteroatoms. The van der Waals surface area contributed by atoms with Gasteiger partial charge in [-0.05, 0) is 50.5 Å². The monoisotopic (exact) mass is 358 g/mol. The molecule has 0 aliphatic carbocycles. The average molecular weight is 359 g/mol. The number of amides is 1. The van der Waals surface area contributed by atoms with Gasteiger partial charge in [0.25, 0.3) is 0 Å². The van der Waals surface area contributed by atoms with Crippen molar-refractivity contribution in [1.29, 1.82) is 0 Å². The van der Waals surface area contributed by atoms with E-state index in [0.717, 1.165) is 42.3 Å². The lowest BCUT2D eigenvalue weighted by Crippen LogP contribution is -2.43. The van der Waals surface area contributed by atoms with Gasteiger partial charge < -0.3 is 10.2 Å². The highest BCUT2D eigenvalue weighted by Gasteiger charge is 2.27. The second-order valence-corrected chi connectivity index (χ2v) is 7.02. The van der Waals surface area contributed by atoms with Crippen LogP contribution in [0.4, 0.5) is 5.95 Å². The van der Waals surface area contributed by atoms with Crippen LogP contribution in [0.25, 0.3) is 0 Å². The molecule has 0 unspecified atom stereocenters. The van der Waals surface area contributed by atoms with Gasteiger partial charge in [-0.25, -0.2) is 9.97 Å². The van der Waals surface area contributed by atoms with Gasteiger partial charge >= 0.3 is 0 Å². The van der Waals surface area contributed by atoms with Crippen LogP contribution in [-0.2, 0) is 11.3 Å². The van der Waals surface area contributed by atoms with Crippen molar-refractivity contribution in [2.75, 3.05) is 18.0 Å². The maximum atomic E-state index is 12.6. The summed E-state index contributed by atoms with van der Waals surface area (Å²) < 4.78 is 0. The van der Waals surface area contributed by atoms with Gasteiger partial charge in [-0.3, -0.25) is 4.79 Å². The Kier molecular flexibility index (Phi) is 5.53. The second kappa shape index (κ2) is 7.83. The molecule has 1 atom stereocenters. The summed E-state index contributed by atoms with van der Waals surface area (Å²) in [6, 6.07) is 9.52. The molecule has 2 aromatic rings. The Morgan fingerprint density at radius 1 is 1.28 bits per heavy atom. The molecule has 0 spiro atoms. The Balaban J connectivity index is 1.61. The first-order valence-corrected chi connectivity index (χ1v) is 8.98. The maximum absolute atomic E-state index is 12.6. The molecular weight excluding hydrogens is 336 g/mol. The van der Waals surface area contributed by atoms with E-state index < -0.39 is 0 Å². The molecule has 1 N–H and O–H groups in total. The molecule has 25 heavy (non-hydrogen) atoms. The predicted octanol–water partition coefficient (Wildman–Crippen LogP) is 3.28. The molecule has 1 fully saturated rings. The van der Waals surface area contributed by atoms with Gasteiger partial charge in [-0.1, -0.05) is 23.7 Å². The number of halogens is 1. The molecule has 5 nitrogen and oxygen atoms in total. The van der Waals surface area contributed by atoms with Crippen LogP contribution < -0.4 is 10.2 Å². The molecule has 1 saturated heterocycles. The number of carbonyl (C=O) groups is 1. The fraction of sp³-hybridized carbons (Fsp3) is 0.421. The number of hydrogen-bond donors (Lipinski definition) is 1. The summed E-state index contributed by atoms with van der Waals surface area (Å²) in [6.45, 7) is 5.98. The zero-order valence-electron chi connectivity index (χ0n) is 14.6. The van der Waals surface area contributed by atoms with Crippen LogP contribution in [0.3, 0.4) is 0 Å². The summed E-state index contributed by atoms with van der Waals surface area (Å²) in [5.74, 6) is 0.760. The van der Waals surface area contributed by atoms with Crippen LogP contribution in [-0.4, -0.2) is 29.0 Å². The fourth-order valence-corrected chi connectivity index (χ4v) is 3.41. The topological polar surface area (TPSA) is 58.1 Å². The van der Waals surface area contributed by atoms with Gasteiger partial charge in [-0.2, -0.15) is 0 Å². The van der Waals surface area contributed by atoms with Crippen LogP contribution in [0.1, 0.15) is 29.8 Å². The van der Waals surface area contributed by atoms with Crippen molar-refractivity contribution < 1.29 is 4.79 Å².